The molecule has 2 atom stereocenters. The van der Waals surface area contributed by atoms with E-state index in [9.17, 15) is 0 Å². The van der Waals surface area contributed by atoms with Crippen molar-refractivity contribution in [3.63, 3.8) is 0 Å². The molecule has 62 valence electrons. The molecule has 0 fully saturated rings. The second-order valence-electron chi connectivity index (χ2n) is 3.01. The zero-order valence-electron chi connectivity index (χ0n) is 6.63. The third kappa shape index (κ3) is 4.69. The summed E-state index contributed by atoms with van der Waals surface area (Å²) < 4.78 is 0. The number of nitrogens with one attached hydrogen (secondary N) is 1. The van der Waals surface area contributed by atoms with Crippen LogP contribution in [0.3, 0.4) is 0 Å². The van der Waals surface area contributed by atoms with Gasteiger partial charge in [-0.15, -0.1) is 0 Å². The summed E-state index contributed by atoms with van der Waals surface area (Å²) >= 11 is 0. The minimum absolute atomic E-state index is 0.383. The van der Waals surface area contributed by atoms with Gasteiger partial charge in [-0.2, -0.15) is 0 Å². The average Bonchev–Trinajstić information content (AvgIpc) is 1.60. The van der Waals surface area contributed by atoms with E-state index in [1.807, 2.05) is 0 Å². The van der Waals surface area contributed by atoms with E-state index < -0.39 is 12.0 Å². The number of rotatable bonds is 3. The van der Waals surface area contributed by atoms with Crippen molar-refractivity contribution in [1.82, 2.24) is 5.32 Å². The van der Waals surface area contributed by atoms with Crippen LogP contribution in [0.1, 0.15) is 20.8 Å². The molecule has 5 N–H and O–H groups in total. The lowest BCUT2D eigenvalue weighted by atomic mass is 10.2. The van der Waals surface area contributed by atoms with E-state index in [4.69, 9.17) is 15.9 Å². The quantitative estimate of drug-likeness (QED) is 0.386. The second-order valence-corrected chi connectivity index (χ2v) is 3.01. The number of hydrogen-bond donors (Lipinski definition) is 4. The van der Waals surface area contributed by atoms with Crippen molar-refractivity contribution in [3.05, 3.63) is 0 Å². The molecule has 0 spiro atoms. The van der Waals surface area contributed by atoms with Crippen LogP contribution in [0.25, 0.3) is 0 Å². The Bertz CT molecular complexity index is 98.4. The zero-order chi connectivity index (χ0) is 8.36. The second kappa shape index (κ2) is 3.30. The highest BCUT2D eigenvalue weighted by molar-refractivity contribution is 4.70. The molecule has 0 rings (SSSR count). The van der Waals surface area contributed by atoms with Gasteiger partial charge in [-0.3, -0.25) is 5.32 Å². The van der Waals surface area contributed by atoms with Gasteiger partial charge in [0.2, 0.25) is 0 Å². The first-order valence-electron chi connectivity index (χ1n) is 3.26. The fraction of sp³-hybridized carbons (Fsp3) is 1.00. The molecule has 0 saturated heterocycles. The van der Waals surface area contributed by atoms with Gasteiger partial charge in [-0.1, -0.05) is 0 Å². The molecule has 2 unspecified atom stereocenters. The van der Waals surface area contributed by atoms with Crippen LogP contribution in [0.4, 0.5) is 0 Å². The normalized spacial score (nSPS) is 18.6. The Balaban J connectivity index is 3.68. The molecule has 0 aromatic heterocycles. The number of hydrogen-bond acceptors (Lipinski definition) is 4. The van der Waals surface area contributed by atoms with Crippen molar-refractivity contribution in [2.75, 3.05) is 0 Å². The molecule has 0 radical (unpaired) electrons. The van der Waals surface area contributed by atoms with Crippen LogP contribution in [-0.4, -0.2) is 28.2 Å². The molecule has 4 heteroatoms. The maximum absolute atomic E-state index is 9.11. The molecule has 4 nitrogen and oxygen atoms in total. The molecule has 0 aliphatic heterocycles. The zero-order valence-corrected chi connectivity index (χ0v) is 6.63. The first kappa shape index (κ1) is 9.84. The molecule has 0 aliphatic rings. The Hall–Kier alpha value is -0.160. The van der Waals surface area contributed by atoms with Crippen LogP contribution < -0.4 is 11.1 Å². The van der Waals surface area contributed by atoms with E-state index in [0.29, 0.717) is 0 Å². The highest BCUT2D eigenvalue weighted by Gasteiger charge is 2.18. The number of nitrogens with two attached hydrogens (primary N) is 1. The fourth-order valence-electron chi connectivity index (χ4n) is 0.493. The van der Waals surface area contributed by atoms with Gasteiger partial charge in [-0.05, 0) is 20.8 Å². The molecule has 0 heterocycles. The minimum atomic E-state index is -1.08. The largest absolute Gasteiger partial charge is 0.377 e. The monoisotopic (exact) mass is 148 g/mol. The lowest BCUT2D eigenvalue weighted by Gasteiger charge is -2.25. The first-order chi connectivity index (χ1) is 4.33. The van der Waals surface area contributed by atoms with Gasteiger partial charge in [-0.25, -0.2) is 0 Å². The average molecular weight is 148 g/mol. The maximum Gasteiger partial charge on any atom is 0.122 e. The third-order valence-electron chi connectivity index (χ3n) is 0.999. The van der Waals surface area contributed by atoms with Crippen LogP contribution in [0.2, 0.25) is 0 Å². The van der Waals surface area contributed by atoms with Crippen LogP contribution in [0.5, 0.6) is 0 Å². The van der Waals surface area contributed by atoms with Crippen molar-refractivity contribution in [2.24, 2.45) is 5.73 Å². The molecular formula is C6H16N2O2. The summed E-state index contributed by atoms with van der Waals surface area (Å²) in [5.41, 5.74) is 4.24. The van der Waals surface area contributed by atoms with Crippen molar-refractivity contribution in [2.45, 2.75) is 38.8 Å². The molecule has 10 heavy (non-hydrogen) atoms. The molecule has 0 aromatic carbocycles. The molecule has 0 amide bonds. The Morgan fingerprint density at radius 3 is 2.00 bits per heavy atom. The highest BCUT2D eigenvalue weighted by Crippen LogP contribution is 1.97. The van der Waals surface area contributed by atoms with E-state index in [1.165, 1.54) is 0 Å². The molecule has 0 aliphatic carbocycles. The lowest BCUT2D eigenvalue weighted by Crippen LogP contribution is -2.52. The van der Waals surface area contributed by atoms with E-state index in [0.717, 1.165) is 0 Å². The molecule has 0 aromatic rings. The minimum Gasteiger partial charge on any atom is -0.377 e. The Morgan fingerprint density at radius 1 is 1.50 bits per heavy atom. The summed E-state index contributed by atoms with van der Waals surface area (Å²) in [6.07, 6.45) is -0.861. The molecular weight excluding hydrogens is 132 g/mol. The lowest BCUT2D eigenvalue weighted by molar-refractivity contribution is -0.0258. The van der Waals surface area contributed by atoms with E-state index in [-0.39, 0.29) is 6.04 Å². The van der Waals surface area contributed by atoms with Gasteiger partial charge < -0.3 is 15.9 Å². The number of aliphatic hydroxyl groups excluding tert-OH is 1. The summed E-state index contributed by atoms with van der Waals surface area (Å²) in [5, 5.41) is 20.7. The van der Waals surface area contributed by atoms with Gasteiger partial charge in [0.1, 0.15) is 12.0 Å². The fourth-order valence-corrected chi connectivity index (χ4v) is 0.493. The highest BCUT2D eigenvalue weighted by atomic mass is 16.3. The Kier molecular flexibility index (Phi) is 3.24. The van der Waals surface area contributed by atoms with Crippen molar-refractivity contribution < 1.29 is 10.2 Å². The maximum atomic E-state index is 9.11. The standard InChI is InChI=1S/C6H16N2O2/c1-4(7)5(9)8-6(2,3)10/h4-5,8-10H,7H2,1-3H3. The van der Waals surface area contributed by atoms with E-state index in [2.05, 4.69) is 5.32 Å². The predicted molar refractivity (Wildman–Crippen MR) is 39.1 cm³/mol. The van der Waals surface area contributed by atoms with E-state index >= 15 is 0 Å². The van der Waals surface area contributed by atoms with Gasteiger partial charge in [0.05, 0.1) is 0 Å². The summed E-state index contributed by atoms with van der Waals surface area (Å²) in [4.78, 5) is 0. The topological polar surface area (TPSA) is 78.5 Å². The van der Waals surface area contributed by atoms with Crippen LogP contribution >= 0.6 is 0 Å². The smallest absolute Gasteiger partial charge is 0.122 e. The van der Waals surface area contributed by atoms with Crippen molar-refractivity contribution in [3.8, 4) is 0 Å². The van der Waals surface area contributed by atoms with Gasteiger partial charge in [0, 0.05) is 6.04 Å². The first-order valence-corrected chi connectivity index (χ1v) is 3.26. The van der Waals surface area contributed by atoms with Crippen LogP contribution in [0.15, 0.2) is 0 Å². The van der Waals surface area contributed by atoms with Gasteiger partial charge >= 0.3 is 0 Å². The van der Waals surface area contributed by atoms with Gasteiger partial charge in [0.25, 0.3) is 0 Å². The Labute approximate surface area is 61.0 Å². The molecule has 0 bridgehead atoms. The summed E-state index contributed by atoms with van der Waals surface area (Å²) in [7, 11) is 0. The number of aliphatic hydroxyl groups is 2. The summed E-state index contributed by atoms with van der Waals surface area (Å²) in [6.45, 7) is 4.74. The van der Waals surface area contributed by atoms with E-state index in [1.54, 1.807) is 20.8 Å². The van der Waals surface area contributed by atoms with Gasteiger partial charge in [0.15, 0.2) is 0 Å². The third-order valence-corrected chi connectivity index (χ3v) is 0.999. The predicted octanol–water partition coefficient (Wildman–Crippen LogP) is -1.03. The van der Waals surface area contributed by atoms with Crippen molar-refractivity contribution >= 4 is 0 Å². The molecule has 0 saturated carbocycles. The van der Waals surface area contributed by atoms with Crippen LogP contribution in [0, 0.1) is 0 Å². The SMILES string of the molecule is CC(N)C(O)NC(C)(C)O. The summed E-state index contributed by atoms with van der Waals surface area (Å²) in [5.74, 6) is 0. The van der Waals surface area contributed by atoms with Crippen molar-refractivity contribution in [1.29, 1.82) is 0 Å². The Morgan fingerprint density at radius 2 is 1.90 bits per heavy atom. The van der Waals surface area contributed by atoms with Crippen LogP contribution in [-0.2, 0) is 0 Å². The summed E-state index contributed by atoms with van der Waals surface area (Å²) in [6, 6.07) is -0.383.